The maximum Gasteiger partial charge on any atom is 0.243 e. The molecule has 2 heterocycles. The van der Waals surface area contributed by atoms with Gasteiger partial charge in [0, 0.05) is 19.0 Å². The summed E-state index contributed by atoms with van der Waals surface area (Å²) in [5, 5.41) is 8.18. The van der Waals surface area contributed by atoms with E-state index in [1.54, 1.807) is 22.8 Å². The average Bonchev–Trinajstić information content (AvgIpc) is 3.15. The van der Waals surface area contributed by atoms with E-state index in [1.165, 1.54) is 0 Å². The lowest BCUT2D eigenvalue weighted by Crippen LogP contribution is -2.29. The second-order valence-electron chi connectivity index (χ2n) is 6.88. The number of hydrogen-bond acceptors (Lipinski definition) is 4. The van der Waals surface area contributed by atoms with E-state index >= 15 is 0 Å². The predicted octanol–water partition coefficient (Wildman–Crippen LogP) is 2.65. The van der Waals surface area contributed by atoms with E-state index in [0.29, 0.717) is 18.0 Å². The van der Waals surface area contributed by atoms with Crippen molar-refractivity contribution in [1.29, 1.82) is 0 Å². The molecule has 1 atom stereocenters. The van der Waals surface area contributed by atoms with Crippen molar-refractivity contribution in [2.45, 2.75) is 51.0 Å². The standard InChI is InChI=1S/C17H24N4O2S/c1-12(2)17-19-18-11-21(17)15-5-6-20(10-15)24(22,23)16-8-13(3)7-14(4)9-16/h7-9,11-12,15H,5-6,10H2,1-4H3. The van der Waals surface area contributed by atoms with Gasteiger partial charge in [0.1, 0.15) is 12.2 Å². The summed E-state index contributed by atoms with van der Waals surface area (Å²) in [6.45, 7) is 8.97. The van der Waals surface area contributed by atoms with Gasteiger partial charge in [-0.1, -0.05) is 19.9 Å². The van der Waals surface area contributed by atoms with Gasteiger partial charge in [0.25, 0.3) is 0 Å². The second kappa shape index (κ2) is 6.29. The highest BCUT2D eigenvalue weighted by Gasteiger charge is 2.34. The first kappa shape index (κ1) is 17.1. The van der Waals surface area contributed by atoms with Crippen LogP contribution in [-0.2, 0) is 10.0 Å². The zero-order valence-corrected chi connectivity index (χ0v) is 15.4. The molecule has 0 spiro atoms. The van der Waals surface area contributed by atoms with Crippen LogP contribution in [0.25, 0.3) is 0 Å². The SMILES string of the molecule is Cc1cc(C)cc(S(=O)(=O)N2CCC(n3cnnc3C(C)C)C2)c1. The van der Waals surface area contributed by atoms with Crippen molar-refractivity contribution >= 4 is 10.0 Å². The minimum absolute atomic E-state index is 0.0954. The summed E-state index contributed by atoms with van der Waals surface area (Å²) in [5.74, 6) is 1.17. The number of aromatic nitrogens is 3. The molecule has 0 bridgehead atoms. The van der Waals surface area contributed by atoms with Gasteiger partial charge in [-0.15, -0.1) is 10.2 Å². The van der Waals surface area contributed by atoms with Crippen LogP contribution in [0.5, 0.6) is 0 Å². The van der Waals surface area contributed by atoms with Crippen molar-refractivity contribution in [3.8, 4) is 0 Å². The van der Waals surface area contributed by atoms with Crippen molar-refractivity contribution in [1.82, 2.24) is 19.1 Å². The highest BCUT2D eigenvalue weighted by atomic mass is 32.2. The normalized spacial score (nSPS) is 19.3. The Hall–Kier alpha value is -1.73. The number of rotatable bonds is 4. The number of hydrogen-bond donors (Lipinski definition) is 0. The monoisotopic (exact) mass is 348 g/mol. The summed E-state index contributed by atoms with van der Waals surface area (Å²) < 4.78 is 29.5. The molecule has 1 aliphatic rings. The molecule has 0 amide bonds. The van der Waals surface area contributed by atoms with Crippen LogP contribution in [0.3, 0.4) is 0 Å². The zero-order chi connectivity index (χ0) is 17.5. The quantitative estimate of drug-likeness (QED) is 0.852. The third-order valence-electron chi connectivity index (χ3n) is 4.47. The average molecular weight is 348 g/mol. The van der Waals surface area contributed by atoms with Gasteiger partial charge in [0.2, 0.25) is 10.0 Å². The fourth-order valence-electron chi connectivity index (χ4n) is 3.33. The molecule has 1 unspecified atom stereocenters. The lowest BCUT2D eigenvalue weighted by atomic mass is 10.2. The maximum atomic E-state index is 13.0. The van der Waals surface area contributed by atoms with Crippen LogP contribution in [0, 0.1) is 13.8 Å². The van der Waals surface area contributed by atoms with E-state index in [0.717, 1.165) is 23.4 Å². The Morgan fingerprint density at radius 2 is 1.83 bits per heavy atom. The van der Waals surface area contributed by atoms with Gasteiger partial charge in [-0.2, -0.15) is 4.31 Å². The zero-order valence-electron chi connectivity index (χ0n) is 14.6. The van der Waals surface area contributed by atoms with Gasteiger partial charge in [-0.25, -0.2) is 8.42 Å². The number of sulfonamides is 1. The number of aryl methyl sites for hydroxylation is 2. The topological polar surface area (TPSA) is 68.1 Å². The van der Waals surface area contributed by atoms with Crippen LogP contribution in [0.15, 0.2) is 29.4 Å². The molecule has 3 rings (SSSR count). The van der Waals surface area contributed by atoms with Crippen molar-refractivity contribution < 1.29 is 8.42 Å². The van der Waals surface area contributed by atoms with E-state index in [2.05, 4.69) is 24.0 Å². The van der Waals surface area contributed by atoms with E-state index in [4.69, 9.17) is 0 Å². The molecule has 1 aromatic heterocycles. The van der Waals surface area contributed by atoms with Gasteiger partial charge in [0.15, 0.2) is 0 Å². The lowest BCUT2D eigenvalue weighted by molar-refractivity contribution is 0.443. The molecule has 0 radical (unpaired) electrons. The van der Waals surface area contributed by atoms with Gasteiger partial charge < -0.3 is 4.57 Å². The Bertz CT molecular complexity index is 822. The van der Waals surface area contributed by atoms with Crippen LogP contribution in [-0.4, -0.2) is 40.6 Å². The van der Waals surface area contributed by atoms with Gasteiger partial charge in [-0.3, -0.25) is 0 Å². The smallest absolute Gasteiger partial charge is 0.243 e. The van der Waals surface area contributed by atoms with Crippen molar-refractivity contribution in [3.63, 3.8) is 0 Å². The fourth-order valence-corrected chi connectivity index (χ4v) is 5.02. The maximum absolute atomic E-state index is 13.0. The fraction of sp³-hybridized carbons (Fsp3) is 0.529. The summed E-state index contributed by atoms with van der Waals surface area (Å²) in [6.07, 6.45) is 2.49. The Kier molecular flexibility index (Phi) is 4.48. The highest BCUT2D eigenvalue weighted by Crippen LogP contribution is 2.29. The third-order valence-corrected chi connectivity index (χ3v) is 6.31. The van der Waals surface area contributed by atoms with Gasteiger partial charge in [0.05, 0.1) is 10.9 Å². The van der Waals surface area contributed by atoms with E-state index < -0.39 is 10.0 Å². The van der Waals surface area contributed by atoms with E-state index in [1.807, 2.05) is 24.5 Å². The first-order chi connectivity index (χ1) is 11.3. The number of nitrogens with zero attached hydrogens (tertiary/aromatic N) is 4. The first-order valence-electron chi connectivity index (χ1n) is 8.27. The summed E-state index contributed by atoms with van der Waals surface area (Å²) >= 11 is 0. The van der Waals surface area contributed by atoms with Gasteiger partial charge in [-0.05, 0) is 43.5 Å². The molecule has 1 aliphatic heterocycles. The molecule has 0 N–H and O–H groups in total. The van der Waals surface area contributed by atoms with Gasteiger partial charge >= 0.3 is 0 Å². The highest BCUT2D eigenvalue weighted by molar-refractivity contribution is 7.89. The van der Waals surface area contributed by atoms with E-state index in [9.17, 15) is 8.42 Å². The molecular weight excluding hydrogens is 324 g/mol. The molecule has 2 aromatic rings. The Labute approximate surface area is 143 Å². The molecule has 24 heavy (non-hydrogen) atoms. The molecule has 6 nitrogen and oxygen atoms in total. The largest absolute Gasteiger partial charge is 0.313 e. The van der Waals surface area contributed by atoms with Crippen LogP contribution >= 0.6 is 0 Å². The first-order valence-corrected chi connectivity index (χ1v) is 9.71. The third kappa shape index (κ3) is 3.10. The van der Waals surface area contributed by atoms with Crippen LogP contribution in [0.2, 0.25) is 0 Å². The molecule has 1 fully saturated rings. The molecule has 1 saturated heterocycles. The predicted molar refractivity (Wildman–Crippen MR) is 92.4 cm³/mol. The van der Waals surface area contributed by atoms with Crippen LogP contribution < -0.4 is 0 Å². The molecular formula is C17H24N4O2S. The Morgan fingerprint density at radius 1 is 1.17 bits per heavy atom. The Morgan fingerprint density at radius 3 is 2.46 bits per heavy atom. The van der Waals surface area contributed by atoms with Crippen LogP contribution in [0.1, 0.15) is 49.2 Å². The molecule has 0 aliphatic carbocycles. The van der Waals surface area contributed by atoms with Crippen molar-refractivity contribution in [2.24, 2.45) is 0 Å². The summed E-state index contributed by atoms with van der Waals surface area (Å²) in [6, 6.07) is 5.57. The molecule has 1 aromatic carbocycles. The van der Waals surface area contributed by atoms with Crippen LogP contribution in [0.4, 0.5) is 0 Å². The minimum Gasteiger partial charge on any atom is -0.313 e. The second-order valence-corrected chi connectivity index (χ2v) is 8.82. The Balaban J connectivity index is 1.85. The molecule has 7 heteroatoms. The lowest BCUT2D eigenvalue weighted by Gasteiger charge is -2.19. The molecule has 130 valence electrons. The summed E-state index contributed by atoms with van der Waals surface area (Å²) in [7, 11) is -3.46. The molecule has 0 saturated carbocycles. The van der Waals surface area contributed by atoms with E-state index in [-0.39, 0.29) is 12.0 Å². The minimum atomic E-state index is -3.46. The van der Waals surface area contributed by atoms with Crippen molar-refractivity contribution in [2.75, 3.05) is 13.1 Å². The number of benzene rings is 1. The summed E-state index contributed by atoms with van der Waals surface area (Å²) in [4.78, 5) is 0.383. The van der Waals surface area contributed by atoms with Crippen molar-refractivity contribution in [3.05, 3.63) is 41.5 Å². The summed E-state index contributed by atoms with van der Waals surface area (Å²) in [5.41, 5.74) is 1.93.